The van der Waals surface area contributed by atoms with Gasteiger partial charge in [-0.3, -0.25) is 9.69 Å². The van der Waals surface area contributed by atoms with Crippen molar-refractivity contribution in [3.05, 3.63) is 35.1 Å². The van der Waals surface area contributed by atoms with Crippen LogP contribution in [0.25, 0.3) is 0 Å². The molecule has 1 aromatic rings. The number of aliphatic carboxylic acids is 1. The second kappa shape index (κ2) is 6.12. The highest BCUT2D eigenvalue weighted by atomic mass is 19.1. The first-order chi connectivity index (χ1) is 9.09. The van der Waals surface area contributed by atoms with Gasteiger partial charge in [-0.1, -0.05) is 17.7 Å². The molecule has 2 rings (SSSR count). The number of carboxylic acids is 1. The number of aryl methyl sites for hydroxylation is 1. The highest BCUT2D eigenvalue weighted by Gasteiger charge is 2.30. The Labute approximate surface area is 112 Å². The number of rotatable bonds is 3. The van der Waals surface area contributed by atoms with Crippen molar-refractivity contribution in [2.45, 2.75) is 19.4 Å². The second-order valence-electron chi connectivity index (χ2n) is 4.91. The van der Waals surface area contributed by atoms with E-state index in [-0.39, 0.29) is 5.56 Å². The quantitative estimate of drug-likeness (QED) is 0.871. The van der Waals surface area contributed by atoms with Crippen LogP contribution in [0, 0.1) is 12.7 Å². The van der Waals surface area contributed by atoms with Crippen molar-refractivity contribution >= 4 is 5.97 Å². The molecule has 2 N–H and O–H groups in total. The Morgan fingerprint density at radius 2 is 2.21 bits per heavy atom. The van der Waals surface area contributed by atoms with Gasteiger partial charge in [0.15, 0.2) is 0 Å². The highest BCUT2D eigenvalue weighted by molar-refractivity contribution is 5.75. The third-order valence-electron chi connectivity index (χ3n) is 3.42. The van der Waals surface area contributed by atoms with Crippen molar-refractivity contribution < 1.29 is 14.3 Å². The van der Waals surface area contributed by atoms with Crippen molar-refractivity contribution in [3.63, 3.8) is 0 Å². The molecule has 104 valence electrons. The molecule has 0 amide bonds. The molecule has 5 heteroatoms. The minimum atomic E-state index is -0.994. The van der Waals surface area contributed by atoms with Gasteiger partial charge in [0, 0.05) is 25.2 Å². The van der Waals surface area contributed by atoms with Crippen molar-refractivity contribution in [1.29, 1.82) is 0 Å². The predicted molar refractivity (Wildman–Crippen MR) is 70.6 cm³/mol. The molecule has 0 aliphatic carbocycles. The maximum atomic E-state index is 13.9. The van der Waals surface area contributed by atoms with Crippen LogP contribution in [0.3, 0.4) is 0 Å². The Kier molecular flexibility index (Phi) is 4.50. The molecule has 1 heterocycles. The largest absolute Gasteiger partial charge is 0.480 e. The number of benzene rings is 1. The summed E-state index contributed by atoms with van der Waals surface area (Å²) in [6, 6.07) is 3.73. The van der Waals surface area contributed by atoms with Crippen LogP contribution in [0.4, 0.5) is 4.39 Å². The van der Waals surface area contributed by atoms with E-state index in [1.165, 1.54) is 6.07 Å². The molecular weight excluding hydrogens is 247 g/mol. The minimum absolute atomic E-state index is 0.259. The van der Waals surface area contributed by atoms with Crippen LogP contribution < -0.4 is 5.32 Å². The van der Waals surface area contributed by atoms with Crippen molar-refractivity contribution in [2.24, 2.45) is 0 Å². The molecule has 1 aliphatic rings. The normalized spacial score (nSPS) is 18.8. The van der Waals surface area contributed by atoms with Gasteiger partial charge in [-0.05, 0) is 26.0 Å². The summed E-state index contributed by atoms with van der Waals surface area (Å²) in [6.45, 7) is 4.73. The molecule has 0 saturated carbocycles. The van der Waals surface area contributed by atoms with Gasteiger partial charge in [0.2, 0.25) is 0 Å². The van der Waals surface area contributed by atoms with Crippen molar-refractivity contribution in [3.8, 4) is 0 Å². The molecule has 0 bridgehead atoms. The number of nitrogens with zero attached hydrogens (tertiary/aromatic N) is 1. The van der Waals surface area contributed by atoms with Gasteiger partial charge < -0.3 is 10.4 Å². The summed E-state index contributed by atoms with van der Waals surface area (Å²) in [6.07, 6.45) is 0.872. The lowest BCUT2D eigenvalue weighted by molar-refractivity contribution is -0.143. The van der Waals surface area contributed by atoms with E-state index >= 15 is 0 Å². The zero-order chi connectivity index (χ0) is 13.8. The smallest absolute Gasteiger partial charge is 0.325 e. The Bertz CT molecular complexity index is 457. The Morgan fingerprint density at radius 3 is 2.95 bits per heavy atom. The fourth-order valence-electron chi connectivity index (χ4n) is 2.48. The molecule has 1 unspecified atom stereocenters. The van der Waals surface area contributed by atoms with E-state index in [0.29, 0.717) is 13.1 Å². The maximum Gasteiger partial charge on any atom is 0.325 e. The lowest BCUT2D eigenvalue weighted by Crippen LogP contribution is -2.37. The molecule has 0 spiro atoms. The second-order valence-corrected chi connectivity index (χ2v) is 4.91. The van der Waals surface area contributed by atoms with Crippen molar-refractivity contribution in [2.75, 3.05) is 26.2 Å². The summed E-state index contributed by atoms with van der Waals surface area (Å²) in [5.41, 5.74) is 1.13. The summed E-state index contributed by atoms with van der Waals surface area (Å²) in [4.78, 5) is 13.4. The molecule has 1 aromatic carbocycles. The van der Waals surface area contributed by atoms with Gasteiger partial charge in [-0.15, -0.1) is 0 Å². The molecule has 1 fully saturated rings. The molecule has 4 nitrogen and oxygen atoms in total. The average molecular weight is 266 g/mol. The maximum absolute atomic E-state index is 13.9. The van der Waals surface area contributed by atoms with E-state index in [4.69, 9.17) is 0 Å². The highest BCUT2D eigenvalue weighted by Crippen LogP contribution is 2.25. The first kappa shape index (κ1) is 14.0. The van der Waals surface area contributed by atoms with E-state index in [0.717, 1.165) is 25.1 Å². The summed E-state index contributed by atoms with van der Waals surface area (Å²) < 4.78 is 13.9. The molecule has 0 aromatic heterocycles. The van der Waals surface area contributed by atoms with Gasteiger partial charge in [-0.25, -0.2) is 4.39 Å². The molecule has 0 radical (unpaired) electrons. The van der Waals surface area contributed by atoms with Crippen LogP contribution in [-0.2, 0) is 4.79 Å². The average Bonchev–Trinajstić information content (AvgIpc) is 2.62. The Morgan fingerprint density at radius 1 is 1.42 bits per heavy atom. The summed E-state index contributed by atoms with van der Waals surface area (Å²) >= 11 is 0. The lowest BCUT2D eigenvalue weighted by atomic mass is 10.0. The van der Waals surface area contributed by atoms with Crippen LogP contribution in [0.2, 0.25) is 0 Å². The molecular formula is C14H19FN2O2. The van der Waals surface area contributed by atoms with Gasteiger partial charge in [0.25, 0.3) is 0 Å². The number of carbonyl (C=O) groups is 1. The van der Waals surface area contributed by atoms with Gasteiger partial charge in [-0.2, -0.15) is 0 Å². The van der Waals surface area contributed by atoms with Gasteiger partial charge in [0.05, 0.1) is 0 Å². The summed E-state index contributed by atoms with van der Waals surface area (Å²) in [7, 11) is 0. The van der Waals surface area contributed by atoms with E-state index < -0.39 is 17.8 Å². The number of nitrogens with one attached hydrogen (secondary N) is 1. The summed E-state index contributed by atoms with van der Waals surface area (Å²) in [5.74, 6) is -1.44. The van der Waals surface area contributed by atoms with Crippen LogP contribution in [-0.4, -0.2) is 42.2 Å². The van der Waals surface area contributed by atoms with Crippen molar-refractivity contribution in [1.82, 2.24) is 10.2 Å². The van der Waals surface area contributed by atoms with E-state index in [2.05, 4.69) is 5.32 Å². The van der Waals surface area contributed by atoms with E-state index in [9.17, 15) is 14.3 Å². The first-order valence-electron chi connectivity index (χ1n) is 6.53. The minimum Gasteiger partial charge on any atom is -0.480 e. The zero-order valence-corrected chi connectivity index (χ0v) is 11.0. The third kappa shape index (κ3) is 3.30. The van der Waals surface area contributed by atoms with Crippen LogP contribution >= 0.6 is 0 Å². The monoisotopic (exact) mass is 266 g/mol. The number of hydrogen-bond acceptors (Lipinski definition) is 3. The van der Waals surface area contributed by atoms with Crippen LogP contribution in [0.5, 0.6) is 0 Å². The summed E-state index contributed by atoms with van der Waals surface area (Å²) in [5, 5.41) is 12.7. The SMILES string of the molecule is Cc1ccc(F)c(C(C(=O)O)N2CCCNCC2)c1. The Balaban J connectivity index is 2.33. The molecule has 1 aliphatic heterocycles. The predicted octanol–water partition coefficient (Wildman–Crippen LogP) is 1.56. The topological polar surface area (TPSA) is 52.6 Å². The molecule has 1 saturated heterocycles. The van der Waals surface area contributed by atoms with Gasteiger partial charge in [0.1, 0.15) is 11.9 Å². The van der Waals surface area contributed by atoms with E-state index in [1.54, 1.807) is 12.1 Å². The standard InChI is InChI=1S/C14H19FN2O2/c1-10-3-4-12(15)11(9-10)13(14(18)19)17-7-2-5-16-6-8-17/h3-4,9,13,16H,2,5-8H2,1H3,(H,18,19). The van der Waals surface area contributed by atoms with Crippen LogP contribution in [0.15, 0.2) is 18.2 Å². The number of halogens is 1. The molecule has 19 heavy (non-hydrogen) atoms. The third-order valence-corrected chi connectivity index (χ3v) is 3.42. The number of hydrogen-bond donors (Lipinski definition) is 2. The molecule has 1 atom stereocenters. The van der Waals surface area contributed by atoms with E-state index in [1.807, 2.05) is 11.8 Å². The van der Waals surface area contributed by atoms with Gasteiger partial charge >= 0.3 is 5.97 Å². The van der Waals surface area contributed by atoms with Crippen LogP contribution in [0.1, 0.15) is 23.6 Å². The lowest BCUT2D eigenvalue weighted by Gasteiger charge is -2.27. The fourth-order valence-corrected chi connectivity index (χ4v) is 2.48. The zero-order valence-electron chi connectivity index (χ0n) is 11.0. The number of carboxylic acid groups (broad SMARTS) is 1. The Hall–Kier alpha value is -1.46. The fraction of sp³-hybridized carbons (Fsp3) is 0.500. The first-order valence-corrected chi connectivity index (χ1v) is 6.53.